The standard InChI is InChI=1S/C26H45N3O5/c1-26(2,3)34-25(32)29-17-13-22(14-18-29)28-15-11-20(12-16-28)24(31)27-21-8-5-19(6-9-21)7-10-23(30)33-4/h19-22H,5-18H2,1-4H3,(H,27,31). The minimum atomic E-state index is -0.458. The zero-order valence-corrected chi connectivity index (χ0v) is 21.6. The Balaban J connectivity index is 1.32. The van der Waals surface area contributed by atoms with E-state index in [-0.39, 0.29) is 29.9 Å². The first-order valence-electron chi connectivity index (χ1n) is 13.2. The van der Waals surface area contributed by atoms with E-state index >= 15 is 0 Å². The van der Waals surface area contributed by atoms with Gasteiger partial charge in [0, 0.05) is 37.5 Å². The van der Waals surface area contributed by atoms with Gasteiger partial charge >= 0.3 is 12.1 Å². The van der Waals surface area contributed by atoms with E-state index in [4.69, 9.17) is 9.47 Å². The summed E-state index contributed by atoms with van der Waals surface area (Å²) in [5, 5.41) is 3.31. The maximum Gasteiger partial charge on any atom is 0.410 e. The quantitative estimate of drug-likeness (QED) is 0.584. The van der Waals surface area contributed by atoms with Crippen LogP contribution in [0.15, 0.2) is 0 Å². The molecule has 3 rings (SSSR count). The van der Waals surface area contributed by atoms with Gasteiger partial charge in [0.15, 0.2) is 0 Å². The molecule has 3 aliphatic rings. The smallest absolute Gasteiger partial charge is 0.410 e. The summed E-state index contributed by atoms with van der Waals surface area (Å²) >= 11 is 0. The molecule has 2 saturated heterocycles. The van der Waals surface area contributed by atoms with Gasteiger partial charge in [0.2, 0.25) is 5.91 Å². The molecule has 1 aliphatic carbocycles. The predicted octanol–water partition coefficient (Wildman–Crippen LogP) is 3.73. The van der Waals surface area contributed by atoms with Gasteiger partial charge in [0.25, 0.3) is 0 Å². The third kappa shape index (κ3) is 8.14. The van der Waals surface area contributed by atoms with Crippen LogP contribution in [-0.4, -0.2) is 78.7 Å². The van der Waals surface area contributed by atoms with Crippen LogP contribution in [0.4, 0.5) is 4.79 Å². The van der Waals surface area contributed by atoms with Gasteiger partial charge in [-0.15, -0.1) is 0 Å². The van der Waals surface area contributed by atoms with Crippen molar-refractivity contribution in [2.75, 3.05) is 33.3 Å². The number of nitrogens with zero attached hydrogens (tertiary/aromatic N) is 2. The summed E-state index contributed by atoms with van der Waals surface area (Å²) in [5.74, 6) is 0.764. The fourth-order valence-corrected chi connectivity index (χ4v) is 5.61. The van der Waals surface area contributed by atoms with Crippen molar-refractivity contribution in [1.82, 2.24) is 15.1 Å². The number of hydrogen-bond donors (Lipinski definition) is 1. The van der Waals surface area contributed by atoms with Crippen LogP contribution in [0.1, 0.15) is 85.0 Å². The molecule has 1 N–H and O–H groups in total. The maximum atomic E-state index is 12.9. The highest BCUT2D eigenvalue weighted by Crippen LogP contribution is 2.29. The number of nitrogens with one attached hydrogen (secondary N) is 1. The molecule has 0 unspecified atom stereocenters. The van der Waals surface area contributed by atoms with E-state index in [1.165, 1.54) is 7.11 Å². The van der Waals surface area contributed by atoms with Crippen molar-refractivity contribution in [3.63, 3.8) is 0 Å². The van der Waals surface area contributed by atoms with E-state index in [1.807, 2.05) is 25.7 Å². The van der Waals surface area contributed by atoms with Crippen LogP contribution in [0.5, 0.6) is 0 Å². The Bertz CT molecular complexity index is 683. The van der Waals surface area contributed by atoms with Crippen LogP contribution in [0.25, 0.3) is 0 Å². The minimum absolute atomic E-state index is 0.107. The van der Waals surface area contributed by atoms with Gasteiger partial charge in [-0.05, 0) is 97.6 Å². The summed E-state index contributed by atoms with van der Waals surface area (Å²) in [6.07, 6.45) is 9.09. The lowest BCUT2D eigenvalue weighted by molar-refractivity contribution is -0.141. The molecule has 2 amide bonds. The Hall–Kier alpha value is -1.83. The third-order valence-electron chi connectivity index (χ3n) is 7.71. The Labute approximate surface area is 205 Å². The van der Waals surface area contributed by atoms with Crippen molar-refractivity contribution in [2.45, 2.75) is 103 Å². The fraction of sp³-hybridized carbons (Fsp3) is 0.885. The first-order chi connectivity index (χ1) is 16.1. The molecule has 2 aliphatic heterocycles. The van der Waals surface area contributed by atoms with Crippen LogP contribution < -0.4 is 5.32 Å². The Morgan fingerprint density at radius 3 is 2.06 bits per heavy atom. The summed E-state index contributed by atoms with van der Waals surface area (Å²) < 4.78 is 10.2. The van der Waals surface area contributed by atoms with E-state index in [1.54, 1.807) is 0 Å². The Morgan fingerprint density at radius 1 is 0.882 bits per heavy atom. The van der Waals surface area contributed by atoms with Gasteiger partial charge in [0.05, 0.1) is 7.11 Å². The molecule has 0 aromatic rings. The number of amides is 2. The second-order valence-electron chi connectivity index (χ2n) is 11.3. The molecule has 34 heavy (non-hydrogen) atoms. The molecule has 0 atom stereocenters. The first-order valence-corrected chi connectivity index (χ1v) is 13.2. The summed E-state index contributed by atoms with van der Waals surface area (Å²) in [6.45, 7) is 9.08. The second-order valence-corrected chi connectivity index (χ2v) is 11.3. The number of esters is 1. The highest BCUT2D eigenvalue weighted by molar-refractivity contribution is 5.79. The number of rotatable bonds is 6. The monoisotopic (exact) mass is 479 g/mol. The number of likely N-dealkylation sites (tertiary alicyclic amines) is 2. The highest BCUT2D eigenvalue weighted by atomic mass is 16.6. The van der Waals surface area contributed by atoms with Crippen LogP contribution >= 0.6 is 0 Å². The molecule has 3 fully saturated rings. The van der Waals surface area contributed by atoms with E-state index in [9.17, 15) is 14.4 Å². The first kappa shape index (κ1) is 26.8. The SMILES string of the molecule is COC(=O)CCC1CCC(NC(=O)C2CCN(C3CCN(C(=O)OC(C)(C)C)CC3)CC2)CC1. The van der Waals surface area contributed by atoms with Crippen LogP contribution in [0.2, 0.25) is 0 Å². The van der Waals surface area contributed by atoms with E-state index < -0.39 is 5.60 Å². The zero-order valence-electron chi connectivity index (χ0n) is 21.6. The van der Waals surface area contributed by atoms with Gasteiger partial charge in [-0.25, -0.2) is 4.79 Å². The van der Waals surface area contributed by atoms with Gasteiger partial charge in [-0.2, -0.15) is 0 Å². The fourth-order valence-electron chi connectivity index (χ4n) is 5.61. The molecule has 0 spiro atoms. The van der Waals surface area contributed by atoms with Crippen molar-refractivity contribution >= 4 is 18.0 Å². The maximum absolute atomic E-state index is 12.9. The third-order valence-corrected chi connectivity index (χ3v) is 7.71. The molecule has 0 aromatic heterocycles. The predicted molar refractivity (Wildman–Crippen MR) is 130 cm³/mol. The van der Waals surface area contributed by atoms with Gasteiger partial charge in [-0.1, -0.05) is 0 Å². The normalized spacial score (nSPS) is 25.6. The van der Waals surface area contributed by atoms with Crippen LogP contribution in [0, 0.1) is 11.8 Å². The molecular weight excluding hydrogens is 434 g/mol. The van der Waals surface area contributed by atoms with E-state index in [0.29, 0.717) is 18.4 Å². The number of carbonyl (C=O) groups excluding carboxylic acids is 3. The molecular formula is C26H45N3O5. The zero-order chi connectivity index (χ0) is 24.7. The average Bonchev–Trinajstić information content (AvgIpc) is 2.82. The lowest BCUT2D eigenvalue weighted by Gasteiger charge is -2.41. The van der Waals surface area contributed by atoms with E-state index in [2.05, 4.69) is 10.2 Å². The summed E-state index contributed by atoms with van der Waals surface area (Å²) in [4.78, 5) is 40.9. The highest BCUT2D eigenvalue weighted by Gasteiger charge is 2.33. The summed E-state index contributed by atoms with van der Waals surface area (Å²) in [7, 11) is 1.44. The largest absolute Gasteiger partial charge is 0.469 e. The number of piperidine rings is 2. The molecule has 0 radical (unpaired) electrons. The average molecular weight is 480 g/mol. The lowest BCUT2D eigenvalue weighted by Crippen LogP contribution is -2.51. The molecule has 8 nitrogen and oxygen atoms in total. The molecule has 194 valence electrons. The van der Waals surface area contributed by atoms with Crippen molar-refractivity contribution in [1.29, 1.82) is 0 Å². The van der Waals surface area contributed by atoms with Gasteiger partial charge in [0.1, 0.15) is 5.60 Å². The molecule has 8 heteroatoms. The summed E-state index contributed by atoms with van der Waals surface area (Å²) in [5.41, 5.74) is -0.458. The van der Waals surface area contributed by atoms with Crippen LogP contribution in [-0.2, 0) is 19.1 Å². The van der Waals surface area contributed by atoms with Gasteiger partial charge in [-0.3, -0.25) is 9.59 Å². The molecule has 0 aromatic carbocycles. The number of ether oxygens (including phenoxy) is 2. The van der Waals surface area contributed by atoms with Crippen molar-refractivity contribution < 1.29 is 23.9 Å². The number of hydrogen-bond acceptors (Lipinski definition) is 6. The molecule has 2 heterocycles. The number of methoxy groups -OCH3 is 1. The molecule has 0 bridgehead atoms. The Morgan fingerprint density at radius 2 is 1.50 bits per heavy atom. The van der Waals surface area contributed by atoms with E-state index in [0.717, 1.165) is 84.0 Å². The topological polar surface area (TPSA) is 88.2 Å². The summed E-state index contributed by atoms with van der Waals surface area (Å²) in [6, 6.07) is 0.764. The number of carbonyl (C=O) groups is 3. The van der Waals surface area contributed by atoms with Crippen LogP contribution in [0.3, 0.4) is 0 Å². The van der Waals surface area contributed by atoms with Crippen molar-refractivity contribution in [3.05, 3.63) is 0 Å². The minimum Gasteiger partial charge on any atom is -0.469 e. The van der Waals surface area contributed by atoms with Gasteiger partial charge < -0.3 is 24.6 Å². The Kier molecular flexibility index (Phi) is 9.63. The van der Waals surface area contributed by atoms with Crippen molar-refractivity contribution in [2.24, 2.45) is 11.8 Å². The molecule has 1 saturated carbocycles. The van der Waals surface area contributed by atoms with Crippen molar-refractivity contribution in [3.8, 4) is 0 Å². The second kappa shape index (κ2) is 12.2. The lowest BCUT2D eigenvalue weighted by atomic mass is 9.83.